The number of carbonyl (C=O) groups is 2. The minimum atomic E-state index is -0.568. The Kier molecular flexibility index (Phi) is 7.17. The summed E-state index contributed by atoms with van der Waals surface area (Å²) in [5.74, 6) is 0.0460. The minimum absolute atomic E-state index is 0.0790. The van der Waals surface area contributed by atoms with Crippen LogP contribution in [0, 0.1) is 11.3 Å². The van der Waals surface area contributed by atoms with E-state index in [1.54, 1.807) is 30.3 Å². The molecule has 144 valence electrons. The Hall–Kier alpha value is -3.79. The van der Waals surface area contributed by atoms with Crippen LogP contribution < -0.4 is 14.8 Å². The summed E-state index contributed by atoms with van der Waals surface area (Å²) in [6.07, 6.45) is 1.46. The highest BCUT2D eigenvalue weighted by atomic mass is 16.5. The second kappa shape index (κ2) is 9.78. The van der Waals surface area contributed by atoms with E-state index in [4.69, 9.17) is 9.47 Å². The molecule has 2 aromatic carbocycles. The largest absolute Gasteiger partial charge is 0.493 e. The van der Waals surface area contributed by atoms with Gasteiger partial charge in [-0.3, -0.25) is 4.79 Å². The van der Waals surface area contributed by atoms with E-state index in [0.29, 0.717) is 34.9 Å². The maximum Gasteiger partial charge on any atom is 0.337 e. The number of benzene rings is 2. The highest BCUT2D eigenvalue weighted by Crippen LogP contribution is 2.29. The van der Waals surface area contributed by atoms with Gasteiger partial charge in [0.05, 0.1) is 26.4 Å². The van der Waals surface area contributed by atoms with Crippen molar-refractivity contribution in [3.63, 3.8) is 0 Å². The van der Waals surface area contributed by atoms with Crippen molar-refractivity contribution in [3.05, 3.63) is 59.2 Å². The zero-order chi connectivity index (χ0) is 20.5. The molecule has 7 nitrogen and oxygen atoms in total. The van der Waals surface area contributed by atoms with Crippen molar-refractivity contribution in [2.75, 3.05) is 26.1 Å². The average molecular weight is 380 g/mol. The molecule has 28 heavy (non-hydrogen) atoms. The highest BCUT2D eigenvalue weighted by Gasteiger charge is 2.12. The monoisotopic (exact) mass is 380 g/mol. The van der Waals surface area contributed by atoms with E-state index in [-0.39, 0.29) is 5.57 Å². The number of hydrogen-bond donors (Lipinski definition) is 1. The van der Waals surface area contributed by atoms with Gasteiger partial charge in [-0.15, -0.1) is 0 Å². The Balaban J connectivity index is 2.20. The van der Waals surface area contributed by atoms with Crippen LogP contribution in [0.5, 0.6) is 11.5 Å². The maximum absolute atomic E-state index is 12.4. The molecule has 0 saturated heterocycles. The van der Waals surface area contributed by atoms with Crippen molar-refractivity contribution in [1.29, 1.82) is 5.26 Å². The molecule has 1 amide bonds. The van der Waals surface area contributed by atoms with Crippen molar-refractivity contribution in [3.8, 4) is 17.6 Å². The summed E-state index contributed by atoms with van der Waals surface area (Å²) in [5, 5.41) is 12.0. The molecular formula is C21H20N2O5. The molecule has 0 saturated carbocycles. The van der Waals surface area contributed by atoms with E-state index in [2.05, 4.69) is 10.1 Å². The SMILES string of the molecule is CCOc1cc(/C=C(\C#N)C(=O)Nc2ccc(C(=O)OC)cc2)ccc1OC. The number of rotatable bonds is 7. The van der Waals surface area contributed by atoms with Crippen LogP contribution in [0.1, 0.15) is 22.8 Å². The standard InChI is InChI=1S/C21H20N2O5/c1-4-28-19-12-14(5-10-18(19)26-2)11-16(13-22)20(24)23-17-8-6-15(7-9-17)21(25)27-3/h5-12H,4H2,1-3H3,(H,23,24)/b16-11+. The molecule has 0 aliphatic carbocycles. The van der Waals surface area contributed by atoms with Crippen LogP contribution in [0.3, 0.4) is 0 Å². The van der Waals surface area contributed by atoms with Crippen molar-refractivity contribution in [1.82, 2.24) is 0 Å². The molecule has 0 aromatic heterocycles. The predicted octanol–water partition coefficient (Wildman–Crippen LogP) is 3.43. The van der Waals surface area contributed by atoms with Crippen molar-refractivity contribution in [2.24, 2.45) is 0 Å². The molecule has 0 fully saturated rings. The highest BCUT2D eigenvalue weighted by molar-refractivity contribution is 6.09. The second-order valence-corrected chi connectivity index (χ2v) is 5.54. The lowest BCUT2D eigenvalue weighted by molar-refractivity contribution is -0.112. The first-order valence-corrected chi connectivity index (χ1v) is 8.44. The third-order valence-corrected chi connectivity index (χ3v) is 3.73. The van der Waals surface area contributed by atoms with Gasteiger partial charge in [-0.1, -0.05) is 6.07 Å². The summed E-state index contributed by atoms with van der Waals surface area (Å²) < 4.78 is 15.4. The molecule has 1 N–H and O–H groups in total. The minimum Gasteiger partial charge on any atom is -0.493 e. The summed E-state index contributed by atoms with van der Waals surface area (Å²) in [4.78, 5) is 23.9. The van der Waals surface area contributed by atoms with Gasteiger partial charge in [0.15, 0.2) is 11.5 Å². The Morgan fingerprint density at radius 1 is 1.11 bits per heavy atom. The van der Waals surface area contributed by atoms with Crippen LogP contribution in [-0.4, -0.2) is 32.7 Å². The molecule has 0 unspecified atom stereocenters. The molecular weight excluding hydrogens is 360 g/mol. The molecule has 7 heteroatoms. The van der Waals surface area contributed by atoms with E-state index in [9.17, 15) is 14.9 Å². The molecule has 0 atom stereocenters. The first-order chi connectivity index (χ1) is 13.5. The molecule has 0 spiro atoms. The number of amides is 1. The van der Waals surface area contributed by atoms with Gasteiger partial charge in [-0.25, -0.2) is 4.79 Å². The van der Waals surface area contributed by atoms with Crippen LogP contribution >= 0.6 is 0 Å². The molecule has 2 aromatic rings. The molecule has 0 radical (unpaired) electrons. The van der Waals surface area contributed by atoms with Crippen molar-refractivity contribution in [2.45, 2.75) is 6.92 Å². The number of ether oxygens (including phenoxy) is 3. The normalized spacial score (nSPS) is 10.6. The summed E-state index contributed by atoms with van der Waals surface area (Å²) >= 11 is 0. The van der Waals surface area contributed by atoms with Gasteiger partial charge in [0, 0.05) is 5.69 Å². The van der Waals surface area contributed by atoms with Gasteiger partial charge >= 0.3 is 5.97 Å². The number of hydrogen-bond acceptors (Lipinski definition) is 6. The number of nitriles is 1. The molecule has 0 aliphatic rings. The summed E-state index contributed by atoms with van der Waals surface area (Å²) in [7, 11) is 2.82. The third kappa shape index (κ3) is 5.11. The fraction of sp³-hybridized carbons (Fsp3) is 0.190. The van der Waals surface area contributed by atoms with E-state index in [1.807, 2.05) is 13.0 Å². The molecule has 0 bridgehead atoms. The zero-order valence-corrected chi connectivity index (χ0v) is 15.8. The Morgan fingerprint density at radius 3 is 2.39 bits per heavy atom. The van der Waals surface area contributed by atoms with Crippen LogP contribution in [0.2, 0.25) is 0 Å². The van der Waals surface area contributed by atoms with E-state index in [1.165, 1.54) is 32.4 Å². The van der Waals surface area contributed by atoms with E-state index in [0.717, 1.165) is 0 Å². The number of nitrogens with one attached hydrogen (secondary N) is 1. The van der Waals surface area contributed by atoms with Gasteiger partial charge in [-0.05, 0) is 55.0 Å². The van der Waals surface area contributed by atoms with Crippen LogP contribution in [0.4, 0.5) is 5.69 Å². The van der Waals surface area contributed by atoms with Gasteiger partial charge < -0.3 is 19.5 Å². The van der Waals surface area contributed by atoms with Crippen LogP contribution in [-0.2, 0) is 9.53 Å². The lowest BCUT2D eigenvalue weighted by atomic mass is 10.1. The lowest BCUT2D eigenvalue weighted by Crippen LogP contribution is -2.13. The van der Waals surface area contributed by atoms with Gasteiger partial charge in [0.2, 0.25) is 0 Å². The first kappa shape index (κ1) is 20.5. The third-order valence-electron chi connectivity index (χ3n) is 3.73. The second-order valence-electron chi connectivity index (χ2n) is 5.54. The van der Waals surface area contributed by atoms with Gasteiger partial charge in [-0.2, -0.15) is 5.26 Å². The maximum atomic E-state index is 12.4. The summed E-state index contributed by atoms with van der Waals surface area (Å²) in [5.41, 5.74) is 1.35. The van der Waals surface area contributed by atoms with E-state index < -0.39 is 11.9 Å². The quantitative estimate of drug-likeness (QED) is 0.449. The molecule has 0 aliphatic heterocycles. The van der Waals surface area contributed by atoms with Gasteiger partial charge in [0.1, 0.15) is 11.6 Å². The van der Waals surface area contributed by atoms with Crippen molar-refractivity contribution < 1.29 is 23.8 Å². The lowest BCUT2D eigenvalue weighted by Gasteiger charge is -2.10. The van der Waals surface area contributed by atoms with Gasteiger partial charge in [0.25, 0.3) is 5.91 Å². The number of methoxy groups -OCH3 is 2. The van der Waals surface area contributed by atoms with Crippen LogP contribution in [0.15, 0.2) is 48.0 Å². The van der Waals surface area contributed by atoms with Crippen molar-refractivity contribution >= 4 is 23.6 Å². The number of anilines is 1. The fourth-order valence-electron chi connectivity index (χ4n) is 2.37. The van der Waals surface area contributed by atoms with Crippen LogP contribution in [0.25, 0.3) is 6.08 Å². The Labute approximate surface area is 163 Å². The van der Waals surface area contributed by atoms with E-state index >= 15 is 0 Å². The smallest absolute Gasteiger partial charge is 0.337 e. The zero-order valence-electron chi connectivity index (χ0n) is 15.8. The molecule has 0 heterocycles. The predicted molar refractivity (Wildman–Crippen MR) is 104 cm³/mol. The number of esters is 1. The number of carbonyl (C=O) groups excluding carboxylic acids is 2. The first-order valence-electron chi connectivity index (χ1n) is 8.44. The molecule has 2 rings (SSSR count). The number of nitrogens with zero attached hydrogens (tertiary/aromatic N) is 1. The Bertz CT molecular complexity index is 927. The topological polar surface area (TPSA) is 97.7 Å². The fourth-order valence-corrected chi connectivity index (χ4v) is 2.37. The summed E-state index contributed by atoms with van der Waals surface area (Å²) in [6.45, 7) is 2.30. The average Bonchev–Trinajstić information content (AvgIpc) is 2.72. The Morgan fingerprint density at radius 2 is 1.82 bits per heavy atom. The summed E-state index contributed by atoms with van der Waals surface area (Å²) in [6, 6.07) is 13.2.